The van der Waals surface area contributed by atoms with E-state index in [0.717, 1.165) is 38.3 Å². The van der Waals surface area contributed by atoms with Crippen LogP contribution in [0.5, 0.6) is 0 Å². The minimum atomic E-state index is -1.82. The minimum Gasteiger partial charge on any atom is -0.473 e. The number of likely N-dealkylation sites (N-methyl/N-ethyl adjacent to an activating group) is 1. The highest BCUT2D eigenvalue weighted by Crippen LogP contribution is 2.12. The number of benzene rings is 1. The lowest BCUT2D eigenvalue weighted by Gasteiger charge is -2.34. The molecule has 1 aliphatic rings. The lowest BCUT2D eigenvalue weighted by atomic mass is 10.2. The molecule has 23 heavy (non-hydrogen) atoms. The van der Waals surface area contributed by atoms with Gasteiger partial charge in [0.25, 0.3) is 5.91 Å². The third-order valence-corrected chi connectivity index (χ3v) is 3.63. The van der Waals surface area contributed by atoms with E-state index in [-0.39, 0.29) is 5.91 Å². The number of hydrogen-bond acceptors (Lipinski definition) is 4. The number of amides is 1. The molecule has 0 aromatic heterocycles. The number of carboxylic acids is 2. The topological polar surface area (TPSA) is 98.2 Å². The first-order valence-corrected chi connectivity index (χ1v) is 7.46. The van der Waals surface area contributed by atoms with Crippen LogP contribution in [0.2, 0.25) is 5.02 Å². The summed E-state index contributed by atoms with van der Waals surface area (Å²) in [5.41, 5.74) is 0.722. The maximum Gasteiger partial charge on any atom is 0.414 e. The second-order valence-electron chi connectivity index (χ2n) is 4.84. The highest BCUT2D eigenvalue weighted by atomic mass is 35.5. The van der Waals surface area contributed by atoms with Gasteiger partial charge in [-0.25, -0.2) is 9.59 Å². The van der Waals surface area contributed by atoms with Gasteiger partial charge in [-0.05, 0) is 30.8 Å². The largest absolute Gasteiger partial charge is 0.473 e. The first-order chi connectivity index (χ1) is 10.8. The number of carboxylic acid groups (broad SMARTS) is 2. The molecule has 0 spiro atoms. The lowest BCUT2D eigenvalue weighted by Crippen LogP contribution is -2.48. The zero-order valence-corrected chi connectivity index (χ0v) is 13.5. The Morgan fingerprint density at radius 2 is 1.48 bits per heavy atom. The zero-order valence-electron chi connectivity index (χ0n) is 12.7. The van der Waals surface area contributed by atoms with E-state index in [0.29, 0.717) is 5.02 Å². The second-order valence-corrected chi connectivity index (χ2v) is 5.28. The maximum absolute atomic E-state index is 12.2. The van der Waals surface area contributed by atoms with Crippen molar-refractivity contribution in [3.8, 4) is 0 Å². The molecule has 0 unspecified atom stereocenters. The van der Waals surface area contributed by atoms with E-state index < -0.39 is 11.9 Å². The highest BCUT2D eigenvalue weighted by Gasteiger charge is 2.20. The quantitative estimate of drug-likeness (QED) is 0.785. The second kappa shape index (κ2) is 9.12. The van der Waals surface area contributed by atoms with Gasteiger partial charge in [0.05, 0.1) is 0 Å². The molecule has 2 N–H and O–H groups in total. The van der Waals surface area contributed by atoms with E-state index in [1.165, 1.54) is 0 Å². The van der Waals surface area contributed by atoms with Gasteiger partial charge >= 0.3 is 11.9 Å². The Labute approximate surface area is 139 Å². The predicted molar refractivity (Wildman–Crippen MR) is 84.7 cm³/mol. The van der Waals surface area contributed by atoms with E-state index in [1.807, 2.05) is 4.90 Å². The van der Waals surface area contributed by atoms with Crippen LogP contribution in [-0.2, 0) is 9.59 Å². The molecule has 0 aliphatic carbocycles. The first-order valence-electron chi connectivity index (χ1n) is 7.08. The van der Waals surface area contributed by atoms with Crippen molar-refractivity contribution in [3.05, 3.63) is 34.9 Å². The molecular formula is C15H19ClN2O5. The predicted octanol–water partition coefficient (Wildman–Crippen LogP) is 1.27. The summed E-state index contributed by atoms with van der Waals surface area (Å²) in [5, 5.41) is 15.4. The normalized spacial score (nSPS) is 14.6. The molecule has 0 bridgehead atoms. The molecule has 7 nitrogen and oxygen atoms in total. The monoisotopic (exact) mass is 342 g/mol. The summed E-state index contributed by atoms with van der Waals surface area (Å²) >= 11 is 5.81. The van der Waals surface area contributed by atoms with Crippen molar-refractivity contribution in [1.82, 2.24) is 9.80 Å². The summed E-state index contributed by atoms with van der Waals surface area (Å²) in [6, 6.07) is 7.10. The van der Waals surface area contributed by atoms with Crippen molar-refractivity contribution < 1.29 is 24.6 Å². The summed E-state index contributed by atoms with van der Waals surface area (Å²) in [7, 11) is 0. The molecule has 1 aromatic rings. The number of aliphatic carboxylic acids is 2. The van der Waals surface area contributed by atoms with E-state index in [4.69, 9.17) is 31.4 Å². The van der Waals surface area contributed by atoms with Crippen LogP contribution in [0.3, 0.4) is 0 Å². The molecule has 0 saturated carbocycles. The average molecular weight is 343 g/mol. The van der Waals surface area contributed by atoms with Crippen molar-refractivity contribution >= 4 is 29.4 Å². The Morgan fingerprint density at radius 1 is 1.00 bits per heavy atom. The molecule has 126 valence electrons. The molecular weight excluding hydrogens is 324 g/mol. The van der Waals surface area contributed by atoms with E-state index in [9.17, 15) is 4.79 Å². The molecule has 1 fully saturated rings. The van der Waals surface area contributed by atoms with Gasteiger partial charge < -0.3 is 20.0 Å². The van der Waals surface area contributed by atoms with Crippen molar-refractivity contribution in [3.63, 3.8) is 0 Å². The van der Waals surface area contributed by atoms with E-state index in [2.05, 4.69) is 11.8 Å². The standard InChI is InChI=1S/C13H17ClN2O.C2H2O4/c1-2-15-7-9-16(10-8-15)13(17)11-3-5-12(14)6-4-11;3-1(4)2(5)6/h3-6H,2,7-10H2,1H3;(H,3,4)(H,5,6). The van der Waals surface area contributed by atoms with Crippen molar-refractivity contribution in [2.24, 2.45) is 0 Å². The fourth-order valence-electron chi connectivity index (χ4n) is 2.04. The molecule has 1 amide bonds. The van der Waals surface area contributed by atoms with Crippen LogP contribution in [0, 0.1) is 0 Å². The van der Waals surface area contributed by atoms with Crippen LogP contribution in [0.1, 0.15) is 17.3 Å². The smallest absolute Gasteiger partial charge is 0.414 e. The van der Waals surface area contributed by atoms with Crippen molar-refractivity contribution in [1.29, 1.82) is 0 Å². The Morgan fingerprint density at radius 3 is 1.87 bits per heavy atom. The number of carbonyl (C=O) groups is 3. The fraction of sp³-hybridized carbons (Fsp3) is 0.400. The maximum atomic E-state index is 12.2. The Kier molecular flexibility index (Phi) is 7.50. The number of carbonyl (C=O) groups excluding carboxylic acids is 1. The zero-order chi connectivity index (χ0) is 17.4. The summed E-state index contributed by atoms with van der Waals surface area (Å²) in [4.78, 5) is 34.6. The van der Waals surface area contributed by atoms with Crippen LogP contribution in [0.4, 0.5) is 0 Å². The summed E-state index contributed by atoms with van der Waals surface area (Å²) in [6.07, 6.45) is 0. The third kappa shape index (κ3) is 6.25. The Hall–Kier alpha value is -2.12. The molecule has 1 aliphatic heterocycles. The van der Waals surface area contributed by atoms with Gasteiger partial charge in [0.2, 0.25) is 0 Å². The molecule has 0 atom stereocenters. The molecule has 8 heteroatoms. The minimum absolute atomic E-state index is 0.109. The molecule has 2 rings (SSSR count). The third-order valence-electron chi connectivity index (χ3n) is 3.38. The average Bonchev–Trinajstić information content (AvgIpc) is 2.55. The van der Waals surface area contributed by atoms with E-state index >= 15 is 0 Å². The van der Waals surface area contributed by atoms with Crippen LogP contribution in [-0.4, -0.2) is 70.6 Å². The SMILES string of the molecule is CCN1CCN(C(=O)c2ccc(Cl)cc2)CC1.O=C(O)C(=O)O. The molecule has 1 heterocycles. The number of piperazine rings is 1. The Bertz CT molecular complexity index is 541. The Balaban J connectivity index is 0.000000379. The lowest BCUT2D eigenvalue weighted by molar-refractivity contribution is -0.159. The van der Waals surface area contributed by atoms with Gasteiger partial charge in [0, 0.05) is 36.8 Å². The highest BCUT2D eigenvalue weighted by molar-refractivity contribution is 6.30. The summed E-state index contributed by atoms with van der Waals surface area (Å²) in [5.74, 6) is -3.54. The van der Waals surface area contributed by atoms with Crippen molar-refractivity contribution in [2.45, 2.75) is 6.92 Å². The number of hydrogen-bond donors (Lipinski definition) is 2. The molecule has 1 saturated heterocycles. The summed E-state index contributed by atoms with van der Waals surface area (Å²) < 4.78 is 0. The number of rotatable bonds is 2. The van der Waals surface area contributed by atoms with Gasteiger partial charge in [-0.3, -0.25) is 4.79 Å². The number of nitrogens with zero attached hydrogens (tertiary/aromatic N) is 2. The van der Waals surface area contributed by atoms with Crippen LogP contribution >= 0.6 is 11.6 Å². The van der Waals surface area contributed by atoms with Gasteiger partial charge in [0.1, 0.15) is 0 Å². The summed E-state index contributed by atoms with van der Waals surface area (Å²) in [6.45, 7) is 6.77. The number of halogens is 1. The van der Waals surface area contributed by atoms with Gasteiger partial charge in [0.15, 0.2) is 0 Å². The fourth-order valence-corrected chi connectivity index (χ4v) is 2.17. The first kappa shape index (κ1) is 18.9. The molecule has 1 aromatic carbocycles. The van der Waals surface area contributed by atoms with Gasteiger partial charge in [-0.2, -0.15) is 0 Å². The van der Waals surface area contributed by atoms with E-state index in [1.54, 1.807) is 24.3 Å². The van der Waals surface area contributed by atoms with Gasteiger partial charge in [-0.1, -0.05) is 18.5 Å². The van der Waals surface area contributed by atoms with Crippen molar-refractivity contribution in [2.75, 3.05) is 32.7 Å². The van der Waals surface area contributed by atoms with Crippen LogP contribution < -0.4 is 0 Å². The van der Waals surface area contributed by atoms with Crippen LogP contribution in [0.15, 0.2) is 24.3 Å². The van der Waals surface area contributed by atoms with Gasteiger partial charge in [-0.15, -0.1) is 0 Å². The molecule has 0 radical (unpaired) electrons. The van der Waals surface area contributed by atoms with Crippen LogP contribution in [0.25, 0.3) is 0 Å².